The summed E-state index contributed by atoms with van der Waals surface area (Å²) in [5, 5.41) is 0.693. The van der Waals surface area contributed by atoms with Crippen molar-refractivity contribution in [2.75, 3.05) is 12.9 Å². The fourth-order valence-corrected chi connectivity index (χ4v) is 2.55. The Bertz CT molecular complexity index is 330. The van der Waals surface area contributed by atoms with Gasteiger partial charge in [-0.2, -0.15) is 11.8 Å². The van der Waals surface area contributed by atoms with Gasteiger partial charge in [0, 0.05) is 17.0 Å². The van der Waals surface area contributed by atoms with Gasteiger partial charge in [-0.1, -0.05) is 32.0 Å². The quantitative estimate of drug-likeness (QED) is 0.811. The van der Waals surface area contributed by atoms with Gasteiger partial charge in [0.05, 0.1) is 7.11 Å². The van der Waals surface area contributed by atoms with Crippen molar-refractivity contribution in [3.63, 3.8) is 0 Å². The molecule has 96 valence electrons. The van der Waals surface area contributed by atoms with Gasteiger partial charge < -0.3 is 10.5 Å². The molecule has 0 aliphatic heterocycles. The topological polar surface area (TPSA) is 35.2 Å². The highest BCUT2D eigenvalue weighted by Gasteiger charge is 2.09. The summed E-state index contributed by atoms with van der Waals surface area (Å²) in [7, 11) is 1.71. The number of benzene rings is 1. The molecule has 0 saturated carbocycles. The molecular weight excluding hydrogens is 230 g/mol. The summed E-state index contributed by atoms with van der Waals surface area (Å²) < 4.78 is 5.33. The molecule has 0 fully saturated rings. The molecule has 0 bridgehead atoms. The van der Waals surface area contributed by atoms with Gasteiger partial charge in [0.1, 0.15) is 5.75 Å². The van der Waals surface area contributed by atoms with Crippen LogP contribution in [-0.4, -0.2) is 24.2 Å². The molecule has 2 N–H and O–H groups in total. The first kappa shape index (κ1) is 14.4. The van der Waals surface area contributed by atoms with Crippen molar-refractivity contribution < 1.29 is 4.74 Å². The van der Waals surface area contributed by atoms with Gasteiger partial charge in [-0.3, -0.25) is 0 Å². The third kappa shape index (κ3) is 5.00. The van der Waals surface area contributed by atoms with Crippen LogP contribution in [-0.2, 0) is 6.42 Å². The van der Waals surface area contributed by atoms with E-state index in [2.05, 4.69) is 19.9 Å². The van der Waals surface area contributed by atoms with Crippen molar-refractivity contribution in [1.82, 2.24) is 0 Å². The molecule has 0 spiro atoms. The van der Waals surface area contributed by atoms with Crippen LogP contribution in [0.15, 0.2) is 24.3 Å². The van der Waals surface area contributed by atoms with Crippen LogP contribution in [0, 0.1) is 0 Å². The highest BCUT2D eigenvalue weighted by atomic mass is 32.2. The SMILES string of the molecule is CCC(C)SCC(N)Cc1ccccc1OC. The van der Waals surface area contributed by atoms with E-state index in [1.807, 2.05) is 30.0 Å². The van der Waals surface area contributed by atoms with Crippen molar-refractivity contribution >= 4 is 11.8 Å². The number of hydrogen-bond donors (Lipinski definition) is 1. The van der Waals surface area contributed by atoms with E-state index in [1.54, 1.807) is 7.11 Å². The summed E-state index contributed by atoms with van der Waals surface area (Å²) in [6.07, 6.45) is 2.08. The lowest BCUT2D eigenvalue weighted by molar-refractivity contribution is 0.408. The van der Waals surface area contributed by atoms with E-state index in [4.69, 9.17) is 10.5 Å². The lowest BCUT2D eigenvalue weighted by Crippen LogP contribution is -2.26. The van der Waals surface area contributed by atoms with Crippen LogP contribution in [0.4, 0.5) is 0 Å². The molecule has 2 nitrogen and oxygen atoms in total. The number of para-hydroxylation sites is 1. The van der Waals surface area contributed by atoms with Gasteiger partial charge in [0.15, 0.2) is 0 Å². The number of methoxy groups -OCH3 is 1. The molecule has 2 unspecified atom stereocenters. The van der Waals surface area contributed by atoms with Crippen molar-refractivity contribution in [2.45, 2.75) is 38.0 Å². The summed E-state index contributed by atoms with van der Waals surface area (Å²) in [5.74, 6) is 1.95. The van der Waals surface area contributed by atoms with Gasteiger partial charge in [-0.05, 0) is 24.5 Å². The Labute approximate surface area is 109 Å². The van der Waals surface area contributed by atoms with E-state index in [1.165, 1.54) is 12.0 Å². The Balaban J connectivity index is 2.47. The Morgan fingerprint density at radius 2 is 2.06 bits per heavy atom. The van der Waals surface area contributed by atoms with Gasteiger partial charge >= 0.3 is 0 Å². The van der Waals surface area contributed by atoms with Crippen LogP contribution < -0.4 is 10.5 Å². The number of ether oxygens (including phenoxy) is 1. The smallest absolute Gasteiger partial charge is 0.122 e. The minimum atomic E-state index is 0.199. The lowest BCUT2D eigenvalue weighted by Gasteiger charge is -2.16. The van der Waals surface area contributed by atoms with Crippen molar-refractivity contribution in [3.8, 4) is 5.75 Å². The summed E-state index contributed by atoms with van der Waals surface area (Å²) in [6.45, 7) is 4.46. The van der Waals surface area contributed by atoms with E-state index < -0.39 is 0 Å². The van der Waals surface area contributed by atoms with Crippen molar-refractivity contribution in [1.29, 1.82) is 0 Å². The third-order valence-corrected chi connectivity index (χ3v) is 4.37. The first-order valence-corrected chi connectivity index (χ1v) is 7.21. The van der Waals surface area contributed by atoms with Crippen LogP contribution in [0.3, 0.4) is 0 Å². The molecule has 3 heteroatoms. The Hall–Kier alpha value is -0.670. The Morgan fingerprint density at radius 1 is 1.35 bits per heavy atom. The number of rotatable bonds is 7. The zero-order valence-electron chi connectivity index (χ0n) is 11.0. The summed E-state index contributed by atoms with van der Waals surface area (Å²) in [6, 6.07) is 8.30. The van der Waals surface area contributed by atoms with E-state index >= 15 is 0 Å². The number of hydrogen-bond acceptors (Lipinski definition) is 3. The highest BCUT2D eigenvalue weighted by molar-refractivity contribution is 7.99. The first-order valence-electron chi connectivity index (χ1n) is 6.16. The maximum absolute atomic E-state index is 6.16. The average molecular weight is 253 g/mol. The zero-order chi connectivity index (χ0) is 12.7. The second kappa shape index (κ2) is 7.62. The maximum Gasteiger partial charge on any atom is 0.122 e. The second-order valence-corrected chi connectivity index (χ2v) is 5.80. The monoisotopic (exact) mass is 253 g/mol. The fourth-order valence-electron chi connectivity index (χ4n) is 1.62. The molecule has 0 aromatic heterocycles. The van der Waals surface area contributed by atoms with Gasteiger partial charge in [0.25, 0.3) is 0 Å². The van der Waals surface area contributed by atoms with Crippen LogP contribution in [0.1, 0.15) is 25.8 Å². The molecular formula is C14H23NOS. The molecule has 17 heavy (non-hydrogen) atoms. The molecule has 0 aliphatic rings. The normalized spacial score (nSPS) is 14.4. The van der Waals surface area contributed by atoms with Crippen molar-refractivity contribution in [2.24, 2.45) is 5.73 Å². The Morgan fingerprint density at radius 3 is 2.71 bits per heavy atom. The van der Waals surface area contributed by atoms with Gasteiger partial charge in [-0.25, -0.2) is 0 Å². The minimum Gasteiger partial charge on any atom is -0.496 e. The minimum absolute atomic E-state index is 0.199. The van der Waals surface area contributed by atoms with E-state index in [-0.39, 0.29) is 6.04 Å². The van der Waals surface area contributed by atoms with Crippen molar-refractivity contribution in [3.05, 3.63) is 29.8 Å². The maximum atomic E-state index is 6.16. The average Bonchev–Trinajstić information content (AvgIpc) is 2.36. The third-order valence-electron chi connectivity index (χ3n) is 2.84. The van der Waals surface area contributed by atoms with E-state index in [0.29, 0.717) is 5.25 Å². The van der Waals surface area contributed by atoms with Crippen LogP contribution in [0.25, 0.3) is 0 Å². The summed E-state index contributed by atoms with van der Waals surface area (Å²) in [5.41, 5.74) is 7.36. The molecule has 2 atom stereocenters. The molecule has 1 rings (SSSR count). The molecule has 1 aromatic rings. The standard InChI is InChI=1S/C14H23NOS/c1-4-11(2)17-10-13(15)9-12-7-5-6-8-14(12)16-3/h5-8,11,13H,4,9-10,15H2,1-3H3. The lowest BCUT2D eigenvalue weighted by atomic mass is 10.1. The number of nitrogens with two attached hydrogens (primary N) is 1. The fraction of sp³-hybridized carbons (Fsp3) is 0.571. The van der Waals surface area contributed by atoms with Gasteiger partial charge in [-0.15, -0.1) is 0 Å². The molecule has 0 aliphatic carbocycles. The molecule has 1 aromatic carbocycles. The van der Waals surface area contributed by atoms with Crippen LogP contribution >= 0.6 is 11.8 Å². The van der Waals surface area contributed by atoms with Crippen LogP contribution in [0.2, 0.25) is 0 Å². The predicted molar refractivity (Wildman–Crippen MR) is 76.9 cm³/mol. The number of thioether (sulfide) groups is 1. The second-order valence-electron chi connectivity index (χ2n) is 4.33. The van der Waals surface area contributed by atoms with E-state index in [9.17, 15) is 0 Å². The molecule has 0 radical (unpaired) electrons. The summed E-state index contributed by atoms with van der Waals surface area (Å²) >= 11 is 1.95. The predicted octanol–water partition coefficient (Wildman–Crippen LogP) is 3.10. The summed E-state index contributed by atoms with van der Waals surface area (Å²) in [4.78, 5) is 0. The molecule has 0 heterocycles. The van der Waals surface area contributed by atoms with Gasteiger partial charge in [0.2, 0.25) is 0 Å². The molecule has 0 amide bonds. The first-order chi connectivity index (χ1) is 8.17. The largest absolute Gasteiger partial charge is 0.496 e. The Kier molecular flexibility index (Phi) is 6.45. The highest BCUT2D eigenvalue weighted by Crippen LogP contribution is 2.21. The van der Waals surface area contributed by atoms with Crippen LogP contribution in [0.5, 0.6) is 5.75 Å². The molecule has 0 saturated heterocycles. The zero-order valence-corrected chi connectivity index (χ0v) is 11.8. The van der Waals surface area contributed by atoms with E-state index in [0.717, 1.165) is 17.9 Å².